The molecule has 0 unspecified atom stereocenters. The Morgan fingerprint density at radius 1 is 1.06 bits per heavy atom. The molecule has 1 aliphatic heterocycles. The van der Waals surface area contributed by atoms with E-state index in [1.54, 1.807) is 24.3 Å². The summed E-state index contributed by atoms with van der Waals surface area (Å²) in [6.07, 6.45) is -4.52. The van der Waals surface area contributed by atoms with E-state index in [4.69, 9.17) is 10.2 Å². The Morgan fingerprint density at radius 2 is 1.82 bits per heavy atom. The van der Waals surface area contributed by atoms with E-state index in [0.717, 1.165) is 22.0 Å². The van der Waals surface area contributed by atoms with Gasteiger partial charge in [0.2, 0.25) is 0 Å². The number of urea groups is 1. The number of amides is 4. The molecule has 11 heteroatoms. The van der Waals surface area contributed by atoms with Gasteiger partial charge in [-0.3, -0.25) is 19.9 Å². The van der Waals surface area contributed by atoms with Crippen molar-refractivity contribution < 1.29 is 32.0 Å². The number of nitrogen functional groups attached to an aromatic ring is 1. The molecule has 1 saturated heterocycles. The number of anilines is 1. The summed E-state index contributed by atoms with van der Waals surface area (Å²) in [7, 11) is 0. The molecule has 0 atom stereocenters. The molecule has 2 heterocycles. The maximum absolute atomic E-state index is 12.9. The summed E-state index contributed by atoms with van der Waals surface area (Å²) < 4.78 is 44.2. The van der Waals surface area contributed by atoms with Gasteiger partial charge >= 0.3 is 18.1 Å². The van der Waals surface area contributed by atoms with Gasteiger partial charge in [-0.15, -0.1) is 0 Å². The molecule has 0 aliphatic carbocycles. The number of carbonyl (C=O) groups excluding carboxylic acids is 3. The van der Waals surface area contributed by atoms with Gasteiger partial charge in [-0.2, -0.15) is 13.2 Å². The number of alkyl halides is 3. The molecule has 4 amide bonds. The van der Waals surface area contributed by atoms with Gasteiger partial charge in [0.15, 0.2) is 5.76 Å². The summed E-state index contributed by atoms with van der Waals surface area (Å²) >= 11 is 0. The maximum atomic E-state index is 12.9. The highest BCUT2D eigenvalue weighted by Gasteiger charge is 2.37. The number of hydrogen-bond acceptors (Lipinski definition) is 5. The fourth-order valence-corrected chi connectivity index (χ4v) is 3.30. The molecule has 1 aliphatic rings. The van der Waals surface area contributed by atoms with E-state index in [1.807, 2.05) is 0 Å². The van der Waals surface area contributed by atoms with Gasteiger partial charge in [0.1, 0.15) is 12.3 Å². The van der Waals surface area contributed by atoms with Crippen LogP contribution in [-0.4, -0.2) is 34.3 Å². The van der Waals surface area contributed by atoms with Crippen LogP contribution in [0, 0.1) is 0 Å². The SMILES string of the molecule is Nc1cccc(CN2C(=O)CN(NC(=O)c3ccc(-c4cccc(C(F)(F)F)c4)o3)C2=O)c1. The zero-order valence-electron chi connectivity index (χ0n) is 16.9. The first kappa shape index (κ1) is 21.9. The number of nitrogens with two attached hydrogens (primary N) is 1. The quantitative estimate of drug-likeness (QED) is 0.448. The normalized spacial score (nSPS) is 14.2. The third-order valence-corrected chi connectivity index (χ3v) is 4.89. The molecule has 1 aromatic heterocycles. The lowest BCUT2D eigenvalue weighted by molar-refractivity contribution is -0.137. The van der Waals surface area contributed by atoms with Crippen molar-refractivity contribution in [2.24, 2.45) is 0 Å². The van der Waals surface area contributed by atoms with Crippen molar-refractivity contribution in [3.63, 3.8) is 0 Å². The monoisotopic (exact) mass is 458 g/mol. The van der Waals surface area contributed by atoms with E-state index in [2.05, 4.69) is 5.43 Å². The van der Waals surface area contributed by atoms with Crippen LogP contribution >= 0.6 is 0 Å². The zero-order chi connectivity index (χ0) is 23.8. The van der Waals surface area contributed by atoms with E-state index in [-0.39, 0.29) is 30.2 Å². The Labute approximate surface area is 185 Å². The van der Waals surface area contributed by atoms with E-state index in [1.165, 1.54) is 24.3 Å². The van der Waals surface area contributed by atoms with Crippen molar-refractivity contribution in [3.05, 3.63) is 77.6 Å². The zero-order valence-corrected chi connectivity index (χ0v) is 16.9. The predicted molar refractivity (Wildman–Crippen MR) is 110 cm³/mol. The van der Waals surface area contributed by atoms with Crippen molar-refractivity contribution in [1.29, 1.82) is 0 Å². The molecule has 1 fully saturated rings. The third-order valence-electron chi connectivity index (χ3n) is 4.89. The number of hydrazine groups is 1. The van der Waals surface area contributed by atoms with E-state index < -0.39 is 29.6 Å². The van der Waals surface area contributed by atoms with Gasteiger partial charge in [-0.1, -0.05) is 24.3 Å². The maximum Gasteiger partial charge on any atom is 0.416 e. The predicted octanol–water partition coefficient (Wildman–Crippen LogP) is 3.66. The fraction of sp³-hybridized carbons (Fsp3) is 0.136. The van der Waals surface area contributed by atoms with E-state index in [9.17, 15) is 27.6 Å². The van der Waals surface area contributed by atoms with Crippen molar-refractivity contribution >= 4 is 23.5 Å². The molecular weight excluding hydrogens is 441 g/mol. The van der Waals surface area contributed by atoms with Crippen LogP contribution in [0.3, 0.4) is 0 Å². The number of halogens is 3. The Bertz CT molecular complexity index is 1240. The second kappa shape index (κ2) is 8.34. The van der Waals surface area contributed by atoms with Crippen LogP contribution in [0.25, 0.3) is 11.3 Å². The standard InChI is InChI=1S/C22H17F3N4O4/c23-22(24,25)15-5-2-4-14(10-15)17-7-8-18(33-17)20(31)27-29-12-19(30)28(21(29)32)11-13-3-1-6-16(26)9-13/h1-10H,11-12,26H2,(H,27,31). The van der Waals surface area contributed by atoms with Crippen LogP contribution in [0.5, 0.6) is 0 Å². The average molecular weight is 458 g/mol. The molecule has 0 spiro atoms. The van der Waals surface area contributed by atoms with Crippen molar-refractivity contribution in [2.75, 3.05) is 12.3 Å². The van der Waals surface area contributed by atoms with Crippen molar-refractivity contribution in [1.82, 2.24) is 15.3 Å². The first-order chi connectivity index (χ1) is 15.6. The minimum atomic E-state index is -4.52. The summed E-state index contributed by atoms with van der Waals surface area (Å²) in [5, 5.41) is 0.837. The molecular formula is C22H17F3N4O4. The van der Waals surface area contributed by atoms with E-state index in [0.29, 0.717) is 11.3 Å². The molecule has 4 rings (SSSR count). The Kier molecular flexibility index (Phi) is 5.54. The second-order valence-electron chi connectivity index (χ2n) is 7.28. The van der Waals surface area contributed by atoms with E-state index >= 15 is 0 Å². The molecule has 170 valence electrons. The number of imide groups is 1. The van der Waals surface area contributed by atoms with Crippen LogP contribution in [0.4, 0.5) is 23.7 Å². The highest BCUT2D eigenvalue weighted by atomic mass is 19.4. The van der Waals surface area contributed by atoms with Gasteiger partial charge in [-0.25, -0.2) is 9.80 Å². The summed E-state index contributed by atoms with van der Waals surface area (Å²) in [5.41, 5.74) is 8.39. The minimum absolute atomic E-state index is 0.0183. The Balaban J connectivity index is 1.44. The summed E-state index contributed by atoms with van der Waals surface area (Å²) in [6, 6.07) is 13.0. The van der Waals surface area contributed by atoms with Gasteiger partial charge in [-0.05, 0) is 42.0 Å². The molecule has 2 aromatic carbocycles. The Hall–Kier alpha value is -4.28. The van der Waals surface area contributed by atoms with Crippen LogP contribution < -0.4 is 11.2 Å². The highest BCUT2D eigenvalue weighted by Crippen LogP contribution is 2.32. The summed E-state index contributed by atoms with van der Waals surface area (Å²) in [4.78, 5) is 38.3. The first-order valence-corrected chi connectivity index (χ1v) is 9.66. The second-order valence-corrected chi connectivity index (χ2v) is 7.28. The number of carbonyl (C=O) groups is 3. The molecule has 0 saturated carbocycles. The topological polar surface area (TPSA) is 109 Å². The number of rotatable bonds is 5. The molecule has 8 nitrogen and oxygen atoms in total. The lowest BCUT2D eigenvalue weighted by atomic mass is 10.1. The molecule has 3 N–H and O–H groups in total. The van der Waals surface area contributed by atoms with Gasteiger partial charge in [0.25, 0.3) is 5.91 Å². The number of hydrogen-bond donors (Lipinski definition) is 2. The molecule has 0 radical (unpaired) electrons. The lowest BCUT2D eigenvalue weighted by Gasteiger charge is -2.17. The number of benzene rings is 2. The highest BCUT2D eigenvalue weighted by molar-refractivity contribution is 6.03. The largest absolute Gasteiger partial charge is 0.451 e. The lowest BCUT2D eigenvalue weighted by Crippen LogP contribution is -2.44. The van der Waals surface area contributed by atoms with Crippen LogP contribution in [0.15, 0.2) is 65.1 Å². The fourth-order valence-electron chi connectivity index (χ4n) is 3.30. The average Bonchev–Trinajstić information content (AvgIpc) is 3.35. The van der Waals surface area contributed by atoms with Crippen molar-refractivity contribution in [2.45, 2.75) is 12.7 Å². The number of nitrogens with one attached hydrogen (secondary N) is 1. The summed E-state index contributed by atoms with van der Waals surface area (Å²) in [6.45, 7) is -0.399. The van der Waals surface area contributed by atoms with Crippen LogP contribution in [0.1, 0.15) is 21.7 Å². The van der Waals surface area contributed by atoms with Gasteiger partial charge < -0.3 is 10.2 Å². The smallest absolute Gasteiger partial charge is 0.416 e. The van der Waals surface area contributed by atoms with Gasteiger partial charge in [0.05, 0.1) is 12.1 Å². The minimum Gasteiger partial charge on any atom is -0.451 e. The summed E-state index contributed by atoms with van der Waals surface area (Å²) in [5.74, 6) is -1.55. The number of furan rings is 1. The number of nitrogens with zero attached hydrogens (tertiary/aromatic N) is 2. The molecule has 0 bridgehead atoms. The van der Waals surface area contributed by atoms with Crippen molar-refractivity contribution in [3.8, 4) is 11.3 Å². The molecule has 3 aromatic rings. The third kappa shape index (κ3) is 4.66. The van der Waals surface area contributed by atoms with Crippen LogP contribution in [0.2, 0.25) is 0 Å². The molecule has 33 heavy (non-hydrogen) atoms. The Morgan fingerprint density at radius 3 is 2.55 bits per heavy atom. The van der Waals surface area contributed by atoms with Gasteiger partial charge in [0, 0.05) is 11.3 Å². The van der Waals surface area contributed by atoms with Crippen LogP contribution in [-0.2, 0) is 17.5 Å². The first-order valence-electron chi connectivity index (χ1n) is 9.66.